The Kier molecular flexibility index (Phi) is 12.0. The molecule has 0 aromatic heterocycles. The third-order valence-corrected chi connectivity index (χ3v) is 3.92. The van der Waals surface area contributed by atoms with Crippen molar-refractivity contribution in [2.24, 2.45) is 11.5 Å². The molecule has 0 radical (unpaired) electrons. The number of aliphatic hydroxyl groups is 1. The Morgan fingerprint density at radius 3 is 2.00 bits per heavy atom. The number of carboxylic acids is 1. The first-order chi connectivity index (χ1) is 13.4. The van der Waals surface area contributed by atoms with Crippen molar-refractivity contribution >= 4 is 23.7 Å². The number of carbonyl (C=O) groups is 4. The fourth-order valence-electron chi connectivity index (χ4n) is 2.18. The molecule has 0 aliphatic rings. The van der Waals surface area contributed by atoms with Crippen molar-refractivity contribution in [1.29, 1.82) is 0 Å². The molecule has 0 aromatic carbocycles. The van der Waals surface area contributed by atoms with Crippen LogP contribution in [0.1, 0.15) is 33.6 Å². The number of aliphatic hydroxyl groups excluding tert-OH is 1. The second-order valence-corrected chi connectivity index (χ2v) is 6.88. The van der Waals surface area contributed by atoms with Crippen LogP contribution in [0.15, 0.2) is 0 Å². The average molecular weight is 420 g/mol. The fraction of sp³-hybridized carbons (Fsp3) is 0.750. The number of nitrogens with two attached hydrogens (primary N) is 2. The third kappa shape index (κ3) is 10.7. The molecule has 0 aliphatic heterocycles. The number of rotatable bonds is 13. The van der Waals surface area contributed by atoms with Gasteiger partial charge in [-0.3, -0.25) is 24.5 Å². The smallest absolute Gasteiger partial charge is 0.325 e. The number of amides is 3. The van der Waals surface area contributed by atoms with Gasteiger partial charge < -0.3 is 43.4 Å². The summed E-state index contributed by atoms with van der Waals surface area (Å²) in [7, 11) is 0. The van der Waals surface area contributed by atoms with E-state index < -0.39 is 60.3 Å². The lowest BCUT2D eigenvalue weighted by Gasteiger charge is -2.25. The van der Waals surface area contributed by atoms with Gasteiger partial charge in [0.05, 0.1) is 6.10 Å². The minimum atomic E-state index is -1.41. The number of hydrogen-bond donors (Lipinski definition) is 9. The Balaban J connectivity index is 5.16. The Labute approximate surface area is 169 Å². The molecular weight excluding hydrogens is 386 g/mol. The van der Waals surface area contributed by atoms with E-state index in [1.807, 2.05) is 0 Å². The normalized spacial score (nSPS) is 16.3. The number of carboxylic acid groups (broad SMARTS) is 1. The van der Waals surface area contributed by atoms with E-state index in [2.05, 4.69) is 27.0 Å². The highest BCUT2D eigenvalue weighted by Crippen LogP contribution is 2.02. The van der Waals surface area contributed by atoms with Crippen molar-refractivity contribution in [1.82, 2.24) is 21.3 Å². The van der Waals surface area contributed by atoms with Crippen LogP contribution < -0.4 is 38.5 Å². The van der Waals surface area contributed by atoms with E-state index >= 15 is 0 Å². The first-order valence-corrected chi connectivity index (χ1v) is 9.26. The molecule has 13 nitrogen and oxygen atoms in total. The molecule has 13 heteroatoms. The fourth-order valence-corrected chi connectivity index (χ4v) is 2.18. The Morgan fingerprint density at radius 1 is 0.966 bits per heavy atom. The Morgan fingerprint density at radius 2 is 1.55 bits per heavy atom. The van der Waals surface area contributed by atoms with Gasteiger partial charge in [-0.1, -0.05) is 0 Å². The van der Waals surface area contributed by atoms with Crippen LogP contribution in [-0.2, 0) is 19.2 Å². The van der Waals surface area contributed by atoms with Gasteiger partial charge >= 0.3 is 5.97 Å². The van der Waals surface area contributed by atoms with Gasteiger partial charge in [0, 0.05) is 0 Å². The second-order valence-electron chi connectivity index (χ2n) is 6.88. The van der Waals surface area contributed by atoms with Crippen LogP contribution in [0.2, 0.25) is 0 Å². The summed E-state index contributed by atoms with van der Waals surface area (Å²) in [5.74, 6) is -3.31. The van der Waals surface area contributed by atoms with E-state index in [0.29, 0.717) is 13.0 Å². The minimum Gasteiger partial charge on any atom is -0.480 e. The number of nitrogens with one attached hydrogen (secondary N) is 4. The zero-order valence-electron chi connectivity index (χ0n) is 17.0. The molecular formula is C16H34N7O6+. The van der Waals surface area contributed by atoms with Crippen LogP contribution in [0.5, 0.6) is 0 Å². The highest BCUT2D eigenvalue weighted by Gasteiger charge is 2.31. The molecule has 0 bridgehead atoms. The SMILES string of the molecule is C[C@H]([NH3+])C(=O)N[C@@H](CCCNC(N)N)C(=O)N[C@H](C(=O)N[C@@H](C)C(=O)O)[C@@H](C)O. The summed E-state index contributed by atoms with van der Waals surface area (Å²) in [6.45, 7) is 4.45. The van der Waals surface area contributed by atoms with E-state index in [4.69, 9.17) is 16.6 Å². The summed E-state index contributed by atoms with van der Waals surface area (Å²) < 4.78 is 0. The zero-order chi connectivity index (χ0) is 22.7. The van der Waals surface area contributed by atoms with E-state index in [-0.39, 0.29) is 6.42 Å². The predicted molar refractivity (Wildman–Crippen MR) is 103 cm³/mol. The monoisotopic (exact) mass is 420 g/mol. The van der Waals surface area contributed by atoms with Gasteiger partial charge in [0.15, 0.2) is 6.04 Å². The molecule has 0 rings (SSSR count). The molecule has 13 N–H and O–H groups in total. The maximum atomic E-state index is 12.6. The van der Waals surface area contributed by atoms with Gasteiger partial charge in [-0.2, -0.15) is 0 Å². The van der Waals surface area contributed by atoms with Gasteiger partial charge in [-0.25, -0.2) is 0 Å². The van der Waals surface area contributed by atoms with Crippen molar-refractivity contribution in [3.63, 3.8) is 0 Å². The molecule has 3 amide bonds. The van der Waals surface area contributed by atoms with Crippen LogP contribution in [-0.4, -0.2) is 77.0 Å². The topological polar surface area (TPSA) is 237 Å². The van der Waals surface area contributed by atoms with Crippen molar-refractivity contribution < 1.29 is 35.1 Å². The second kappa shape index (κ2) is 13.0. The largest absolute Gasteiger partial charge is 0.480 e. The predicted octanol–water partition coefficient (Wildman–Crippen LogP) is -4.87. The van der Waals surface area contributed by atoms with Crippen molar-refractivity contribution in [2.75, 3.05) is 6.54 Å². The third-order valence-electron chi connectivity index (χ3n) is 3.92. The highest BCUT2D eigenvalue weighted by atomic mass is 16.4. The molecule has 5 atom stereocenters. The number of carbonyl (C=O) groups excluding carboxylic acids is 3. The van der Waals surface area contributed by atoms with Gasteiger partial charge in [-0.05, 0) is 40.2 Å². The molecule has 0 saturated heterocycles. The summed E-state index contributed by atoms with van der Waals surface area (Å²) in [5.41, 5.74) is 14.3. The van der Waals surface area contributed by atoms with Crippen LogP contribution in [0, 0.1) is 0 Å². The molecule has 0 saturated carbocycles. The van der Waals surface area contributed by atoms with Crippen LogP contribution in [0.4, 0.5) is 0 Å². The molecule has 168 valence electrons. The van der Waals surface area contributed by atoms with Crippen LogP contribution in [0.25, 0.3) is 0 Å². The molecule has 0 heterocycles. The van der Waals surface area contributed by atoms with E-state index in [1.165, 1.54) is 13.8 Å². The lowest BCUT2D eigenvalue weighted by atomic mass is 10.1. The molecule has 0 unspecified atom stereocenters. The molecule has 0 spiro atoms. The summed E-state index contributed by atoms with van der Waals surface area (Å²) in [6.07, 6.45) is -1.41. The quantitative estimate of drug-likeness (QED) is 0.102. The van der Waals surface area contributed by atoms with Gasteiger partial charge in [0.2, 0.25) is 11.8 Å². The standard InChI is InChI=1S/C16H33N7O6/c1-7(17)12(25)22-10(5-4-6-20-16(18)19)13(26)23-11(9(3)24)14(27)21-8(2)15(28)29/h7-11,16,20,24H,4-6,17-19H2,1-3H3,(H,21,27)(H,22,25)(H,23,26)(H,28,29)/p+1/t7-,8-,9+,10-,11-/m0/s1. The summed E-state index contributed by atoms with van der Waals surface area (Å²) >= 11 is 0. The van der Waals surface area contributed by atoms with Crippen LogP contribution >= 0.6 is 0 Å². The highest BCUT2D eigenvalue weighted by molar-refractivity contribution is 5.94. The summed E-state index contributed by atoms with van der Waals surface area (Å²) in [6, 6.07) is -4.24. The maximum Gasteiger partial charge on any atom is 0.325 e. The minimum absolute atomic E-state index is 0.198. The van der Waals surface area contributed by atoms with Gasteiger partial charge in [0.1, 0.15) is 24.4 Å². The first kappa shape index (κ1) is 26.7. The summed E-state index contributed by atoms with van der Waals surface area (Å²) in [4.78, 5) is 47.7. The Hall–Kier alpha value is -2.32. The zero-order valence-corrected chi connectivity index (χ0v) is 17.0. The average Bonchev–Trinajstić information content (AvgIpc) is 2.60. The lowest BCUT2D eigenvalue weighted by Crippen LogP contribution is -2.67. The van der Waals surface area contributed by atoms with E-state index in [1.54, 1.807) is 6.92 Å². The summed E-state index contributed by atoms with van der Waals surface area (Å²) in [5, 5.41) is 28.6. The molecule has 0 aliphatic carbocycles. The van der Waals surface area contributed by atoms with Crippen molar-refractivity contribution in [3.05, 3.63) is 0 Å². The van der Waals surface area contributed by atoms with Crippen molar-refractivity contribution in [2.45, 2.75) is 70.2 Å². The van der Waals surface area contributed by atoms with E-state index in [0.717, 1.165) is 0 Å². The maximum absolute atomic E-state index is 12.6. The number of aliphatic carboxylic acids is 1. The molecule has 0 aromatic rings. The van der Waals surface area contributed by atoms with Gasteiger partial charge in [-0.15, -0.1) is 0 Å². The first-order valence-electron chi connectivity index (χ1n) is 9.26. The number of quaternary nitrogens is 1. The van der Waals surface area contributed by atoms with E-state index in [9.17, 15) is 24.3 Å². The van der Waals surface area contributed by atoms with Crippen LogP contribution in [0.3, 0.4) is 0 Å². The molecule has 29 heavy (non-hydrogen) atoms. The van der Waals surface area contributed by atoms with Crippen molar-refractivity contribution in [3.8, 4) is 0 Å². The van der Waals surface area contributed by atoms with Gasteiger partial charge in [0.25, 0.3) is 5.91 Å². The lowest BCUT2D eigenvalue weighted by molar-refractivity contribution is -0.398. The Bertz CT molecular complexity index is 570. The number of hydrogen-bond acceptors (Lipinski definition) is 8. The molecule has 0 fully saturated rings.